The molecule has 5 heteroatoms. The normalized spacial score (nSPS) is 10.9. The average molecular weight is 163 g/mol. The zero-order chi connectivity index (χ0) is 7.98. The van der Waals surface area contributed by atoms with Crippen molar-refractivity contribution in [3.05, 3.63) is 0 Å². The topological polar surface area (TPSA) is 52.3 Å². The van der Waals surface area contributed by atoms with Crippen LogP contribution in [0.25, 0.3) is 0 Å². The Morgan fingerprint density at radius 3 is 2.70 bits per heavy atom. The molecule has 0 fully saturated rings. The van der Waals surface area contributed by atoms with Gasteiger partial charge in [0.15, 0.2) is 0 Å². The van der Waals surface area contributed by atoms with Crippen LogP contribution in [0.15, 0.2) is 0 Å². The van der Waals surface area contributed by atoms with Gasteiger partial charge in [-0.2, -0.15) is 4.84 Å². The van der Waals surface area contributed by atoms with E-state index in [4.69, 9.17) is 0 Å². The summed E-state index contributed by atoms with van der Waals surface area (Å²) in [6, 6.07) is 0. The molecule has 0 saturated heterocycles. The van der Waals surface area contributed by atoms with E-state index in [1.54, 1.807) is 0 Å². The van der Waals surface area contributed by atoms with E-state index in [9.17, 15) is 4.79 Å². The van der Waals surface area contributed by atoms with E-state index in [0.29, 0.717) is 0 Å². The maximum Gasteiger partial charge on any atom is 0.474 e. The lowest BCUT2D eigenvalue weighted by atomic mass is 10.9. The second-order valence-corrected chi connectivity index (χ2v) is 2.52. The molecular weight excluding hydrogens is 152 g/mol. The summed E-state index contributed by atoms with van der Waals surface area (Å²) in [6.07, 6.45) is 1.39. The molecule has 0 radical (unpaired) electrons. The highest BCUT2D eigenvalue weighted by molar-refractivity contribution is 8.13. The number of hydrogen-bond donors (Lipinski definition) is 2. The minimum Gasteiger partial charge on any atom is -0.319 e. The number of rotatable bonds is 1. The van der Waals surface area contributed by atoms with Crippen molar-refractivity contribution >= 4 is 22.9 Å². The summed E-state index contributed by atoms with van der Waals surface area (Å²) in [5, 5.41) is 5.59. The van der Waals surface area contributed by atoms with Crippen molar-refractivity contribution in [1.82, 2.24) is 5.32 Å². The Hall–Kier alpha value is -0.710. The number of carbonyl (C=O) groups is 1. The van der Waals surface area contributed by atoms with Crippen LogP contribution in [-0.4, -0.2) is 24.4 Å². The van der Waals surface area contributed by atoms with Crippen LogP contribution in [0.3, 0.4) is 0 Å². The molecule has 0 spiro atoms. The van der Waals surface area contributed by atoms with Crippen molar-refractivity contribution in [1.29, 1.82) is 0 Å². The van der Waals surface area contributed by atoms with Crippen molar-refractivity contribution in [2.24, 2.45) is 0 Å². The van der Waals surface area contributed by atoms with Crippen molar-refractivity contribution in [3.8, 4) is 0 Å². The first-order valence-electron chi connectivity index (χ1n) is 2.72. The lowest BCUT2D eigenvalue weighted by Crippen LogP contribution is -2.72. The van der Waals surface area contributed by atoms with Gasteiger partial charge in [0.05, 0.1) is 0 Å². The van der Waals surface area contributed by atoms with Gasteiger partial charge in [-0.1, -0.05) is 11.8 Å². The smallest absolute Gasteiger partial charge is 0.319 e. The zero-order valence-electron chi connectivity index (χ0n) is 6.22. The summed E-state index contributed by atoms with van der Waals surface area (Å²) in [7, 11) is 1.50. The molecule has 0 heterocycles. The molecule has 0 rings (SSSR count). The highest BCUT2D eigenvalue weighted by Crippen LogP contribution is 1.86. The lowest BCUT2D eigenvalue weighted by Gasteiger charge is -1.88. The molecule has 58 valence electrons. The summed E-state index contributed by atoms with van der Waals surface area (Å²) in [5.41, 5.74) is 0. The Morgan fingerprint density at radius 1 is 1.70 bits per heavy atom. The molecule has 0 atom stereocenters. The summed E-state index contributed by atoms with van der Waals surface area (Å²) < 4.78 is 0. The average Bonchev–Trinajstić information content (AvgIpc) is 1.99. The Kier molecular flexibility index (Phi) is 4.74. The van der Waals surface area contributed by atoms with Gasteiger partial charge in [-0.15, -0.1) is 0 Å². The molecule has 0 saturated carbocycles. The fraction of sp³-hybridized carbons (Fsp3) is 0.600. The molecule has 0 aromatic heterocycles. The highest BCUT2D eigenvalue weighted by Gasteiger charge is 2.01. The van der Waals surface area contributed by atoms with Gasteiger partial charge in [-0.25, -0.2) is 4.79 Å². The predicted molar refractivity (Wildman–Crippen MR) is 40.7 cm³/mol. The fourth-order valence-corrected chi connectivity index (χ4v) is 0.336. The van der Waals surface area contributed by atoms with Gasteiger partial charge in [-0.3, -0.25) is 0 Å². The Labute approximate surface area is 64.0 Å². The molecule has 1 amide bonds. The van der Waals surface area contributed by atoms with Crippen LogP contribution in [0.1, 0.15) is 6.92 Å². The standard InChI is InChI=1S/C5H10N2O2S/c1-4(10-3)7-9-5(8)6-2/h1-3H3,(H,6,8)/p+1. The third-order valence-electron chi connectivity index (χ3n) is 0.798. The summed E-state index contributed by atoms with van der Waals surface area (Å²) in [4.78, 5) is 14.9. The van der Waals surface area contributed by atoms with Crippen LogP contribution in [0.2, 0.25) is 0 Å². The van der Waals surface area contributed by atoms with Gasteiger partial charge >= 0.3 is 6.09 Å². The maximum atomic E-state index is 10.4. The van der Waals surface area contributed by atoms with Crippen molar-refractivity contribution in [2.75, 3.05) is 13.3 Å². The van der Waals surface area contributed by atoms with Gasteiger partial charge in [0.2, 0.25) is 0 Å². The molecule has 2 N–H and O–H groups in total. The summed E-state index contributed by atoms with van der Waals surface area (Å²) in [6.45, 7) is 1.81. The maximum absolute atomic E-state index is 10.4. The largest absolute Gasteiger partial charge is 0.474 e. The Balaban J connectivity index is 3.61. The van der Waals surface area contributed by atoms with Crippen LogP contribution in [0, 0.1) is 0 Å². The Bertz CT molecular complexity index is 147. The number of carbonyl (C=O) groups excluding carboxylic acids is 1. The summed E-state index contributed by atoms with van der Waals surface area (Å²) >= 11 is 1.48. The van der Waals surface area contributed by atoms with Crippen molar-refractivity contribution in [3.63, 3.8) is 0 Å². The van der Waals surface area contributed by atoms with E-state index < -0.39 is 6.09 Å². The third kappa shape index (κ3) is 4.20. The first-order valence-corrected chi connectivity index (χ1v) is 3.95. The van der Waals surface area contributed by atoms with Gasteiger partial charge in [-0.05, 0) is 11.4 Å². The van der Waals surface area contributed by atoms with Gasteiger partial charge in [0, 0.05) is 14.0 Å². The highest BCUT2D eigenvalue weighted by atomic mass is 32.2. The van der Waals surface area contributed by atoms with E-state index in [0.717, 1.165) is 5.04 Å². The van der Waals surface area contributed by atoms with Crippen LogP contribution >= 0.6 is 11.8 Å². The third-order valence-corrected chi connectivity index (χ3v) is 1.49. The van der Waals surface area contributed by atoms with Gasteiger partial charge < -0.3 is 5.32 Å². The molecule has 0 aromatic rings. The monoisotopic (exact) mass is 163 g/mol. The van der Waals surface area contributed by atoms with Gasteiger partial charge in [0.1, 0.15) is 0 Å². The second kappa shape index (κ2) is 5.10. The minimum atomic E-state index is -0.492. The minimum absolute atomic E-state index is 0.492. The second-order valence-electron chi connectivity index (χ2n) is 1.50. The summed E-state index contributed by atoms with van der Waals surface area (Å²) in [5.74, 6) is 0. The predicted octanol–water partition coefficient (Wildman–Crippen LogP) is -0.881. The number of amides is 1. The zero-order valence-corrected chi connectivity index (χ0v) is 7.04. The molecular formula is C5H11N2O2S+. The van der Waals surface area contributed by atoms with E-state index in [1.165, 1.54) is 18.8 Å². The van der Waals surface area contributed by atoms with E-state index >= 15 is 0 Å². The number of thioether (sulfide) groups is 1. The van der Waals surface area contributed by atoms with Crippen LogP contribution in [0.5, 0.6) is 0 Å². The van der Waals surface area contributed by atoms with Crippen molar-refractivity contribution < 1.29 is 14.8 Å². The van der Waals surface area contributed by atoms with Crippen molar-refractivity contribution in [2.45, 2.75) is 6.92 Å². The molecule has 0 aromatic carbocycles. The van der Waals surface area contributed by atoms with Crippen LogP contribution in [-0.2, 0) is 4.84 Å². The molecule has 0 aliphatic heterocycles. The first-order chi connectivity index (χ1) is 4.70. The molecule has 4 nitrogen and oxygen atoms in total. The van der Waals surface area contributed by atoms with E-state index in [1.807, 2.05) is 13.2 Å². The fourth-order valence-electron chi connectivity index (χ4n) is 0.211. The molecule has 0 aliphatic carbocycles. The molecule has 0 bridgehead atoms. The molecule has 0 unspecified atom stereocenters. The molecule has 0 aliphatic rings. The number of nitrogens with one attached hydrogen (secondary N) is 2. The SMILES string of the molecule is CNC(=O)O[NH+]=C(C)SC. The first kappa shape index (κ1) is 9.29. The Morgan fingerprint density at radius 2 is 2.30 bits per heavy atom. The van der Waals surface area contributed by atoms with E-state index in [-0.39, 0.29) is 0 Å². The lowest BCUT2D eigenvalue weighted by molar-refractivity contribution is -0.719. The van der Waals surface area contributed by atoms with Crippen LogP contribution in [0.4, 0.5) is 4.79 Å². The van der Waals surface area contributed by atoms with Crippen LogP contribution < -0.4 is 10.5 Å². The number of hydrogen-bond acceptors (Lipinski definition) is 3. The quantitative estimate of drug-likeness (QED) is 0.228. The molecule has 10 heavy (non-hydrogen) atoms. The van der Waals surface area contributed by atoms with E-state index in [2.05, 4.69) is 15.3 Å². The van der Waals surface area contributed by atoms with Gasteiger partial charge in [0.25, 0.3) is 5.04 Å².